The molecule has 0 aromatic carbocycles. The maximum atomic E-state index is 11.3. The van der Waals surface area contributed by atoms with Crippen molar-refractivity contribution in [2.75, 3.05) is 19.8 Å². The molecular weight excluding hydrogens is 258 g/mol. The highest BCUT2D eigenvalue weighted by molar-refractivity contribution is 9.10. The fourth-order valence-corrected chi connectivity index (χ4v) is 1.19. The second-order valence-corrected chi connectivity index (χ2v) is 4.59. The number of nitrogens with one attached hydrogen (secondary N) is 1. The molecule has 0 saturated carbocycles. The number of rotatable bonds is 9. The Labute approximate surface area is 101 Å². The van der Waals surface area contributed by atoms with Crippen LogP contribution in [0.2, 0.25) is 0 Å². The minimum Gasteiger partial charge on any atom is -0.381 e. The molecule has 1 atom stereocenters. The van der Waals surface area contributed by atoms with E-state index in [1.165, 1.54) is 6.42 Å². The van der Waals surface area contributed by atoms with Crippen molar-refractivity contribution in [2.24, 2.45) is 0 Å². The number of hydrogen-bond acceptors (Lipinski definition) is 2. The van der Waals surface area contributed by atoms with Crippen LogP contribution in [0.4, 0.5) is 0 Å². The molecule has 0 aliphatic rings. The van der Waals surface area contributed by atoms with Gasteiger partial charge in [-0.05, 0) is 19.3 Å². The number of alkyl halides is 1. The van der Waals surface area contributed by atoms with Crippen LogP contribution in [0.3, 0.4) is 0 Å². The topological polar surface area (TPSA) is 38.3 Å². The third-order valence-corrected chi connectivity index (χ3v) is 3.11. The van der Waals surface area contributed by atoms with E-state index in [2.05, 4.69) is 28.2 Å². The van der Waals surface area contributed by atoms with Crippen molar-refractivity contribution in [2.45, 2.75) is 44.4 Å². The SMILES string of the molecule is CCCCOCCCNC(=O)C(Br)CC. The lowest BCUT2D eigenvalue weighted by atomic mass is 10.3. The number of carbonyl (C=O) groups is 1. The molecule has 0 heterocycles. The zero-order valence-corrected chi connectivity index (χ0v) is 11.3. The molecule has 0 rings (SSSR count). The molecule has 0 bridgehead atoms. The Balaban J connectivity index is 3.20. The molecule has 0 aromatic rings. The van der Waals surface area contributed by atoms with E-state index in [1.807, 2.05) is 6.92 Å². The zero-order chi connectivity index (χ0) is 11.5. The number of carbonyl (C=O) groups excluding carboxylic acids is 1. The summed E-state index contributed by atoms with van der Waals surface area (Å²) in [6.07, 6.45) is 3.99. The Morgan fingerprint density at radius 1 is 1.33 bits per heavy atom. The lowest BCUT2D eigenvalue weighted by Crippen LogP contribution is -2.31. The number of ether oxygens (including phenoxy) is 1. The normalized spacial score (nSPS) is 12.5. The lowest BCUT2D eigenvalue weighted by molar-refractivity contribution is -0.120. The van der Waals surface area contributed by atoms with Gasteiger partial charge >= 0.3 is 0 Å². The molecule has 0 aliphatic carbocycles. The van der Waals surface area contributed by atoms with E-state index in [-0.39, 0.29) is 10.7 Å². The van der Waals surface area contributed by atoms with Gasteiger partial charge in [0.15, 0.2) is 0 Å². The molecule has 0 aliphatic heterocycles. The van der Waals surface area contributed by atoms with Gasteiger partial charge in [0.05, 0.1) is 4.83 Å². The maximum absolute atomic E-state index is 11.3. The van der Waals surface area contributed by atoms with E-state index < -0.39 is 0 Å². The minimum absolute atomic E-state index is 0.0569. The second-order valence-electron chi connectivity index (χ2n) is 3.49. The van der Waals surface area contributed by atoms with E-state index >= 15 is 0 Å². The Morgan fingerprint density at radius 3 is 2.60 bits per heavy atom. The molecule has 15 heavy (non-hydrogen) atoms. The summed E-state index contributed by atoms with van der Waals surface area (Å²) in [5, 5.41) is 2.86. The third kappa shape index (κ3) is 8.88. The van der Waals surface area contributed by atoms with Crippen molar-refractivity contribution >= 4 is 21.8 Å². The summed E-state index contributed by atoms with van der Waals surface area (Å²) >= 11 is 3.30. The standard InChI is InChI=1S/C11H22BrNO2/c1-3-5-8-15-9-6-7-13-11(14)10(12)4-2/h10H,3-9H2,1-2H3,(H,13,14). The molecular formula is C11H22BrNO2. The molecule has 0 spiro atoms. The van der Waals surface area contributed by atoms with Gasteiger partial charge in [0.25, 0.3) is 0 Å². The first-order valence-corrected chi connectivity index (χ1v) is 6.63. The average Bonchev–Trinajstić information content (AvgIpc) is 2.26. The van der Waals surface area contributed by atoms with Crippen LogP contribution >= 0.6 is 15.9 Å². The molecule has 0 fully saturated rings. The Morgan fingerprint density at radius 2 is 2.00 bits per heavy atom. The number of hydrogen-bond donors (Lipinski definition) is 1. The molecule has 0 radical (unpaired) electrons. The van der Waals surface area contributed by atoms with Crippen molar-refractivity contribution in [3.8, 4) is 0 Å². The van der Waals surface area contributed by atoms with Crippen LogP contribution in [0, 0.1) is 0 Å². The van der Waals surface area contributed by atoms with Crippen molar-refractivity contribution < 1.29 is 9.53 Å². The highest BCUT2D eigenvalue weighted by Crippen LogP contribution is 2.03. The first-order valence-electron chi connectivity index (χ1n) is 5.71. The molecule has 90 valence electrons. The van der Waals surface area contributed by atoms with E-state index in [9.17, 15) is 4.79 Å². The summed E-state index contributed by atoms with van der Waals surface area (Å²) in [5.74, 6) is 0.0751. The average molecular weight is 280 g/mol. The summed E-state index contributed by atoms with van der Waals surface area (Å²) in [6, 6.07) is 0. The summed E-state index contributed by atoms with van der Waals surface area (Å²) in [7, 11) is 0. The summed E-state index contributed by atoms with van der Waals surface area (Å²) in [6.45, 7) is 6.39. The maximum Gasteiger partial charge on any atom is 0.233 e. The fourth-order valence-electron chi connectivity index (χ4n) is 1.03. The van der Waals surface area contributed by atoms with Crippen LogP contribution in [-0.2, 0) is 9.53 Å². The largest absolute Gasteiger partial charge is 0.381 e. The van der Waals surface area contributed by atoms with Crippen molar-refractivity contribution in [3.05, 3.63) is 0 Å². The van der Waals surface area contributed by atoms with E-state index in [0.717, 1.165) is 32.5 Å². The smallest absolute Gasteiger partial charge is 0.233 e. The van der Waals surface area contributed by atoms with E-state index in [4.69, 9.17) is 4.74 Å². The minimum atomic E-state index is -0.0569. The Hall–Kier alpha value is -0.0900. The van der Waals surface area contributed by atoms with E-state index in [1.54, 1.807) is 0 Å². The van der Waals surface area contributed by atoms with Gasteiger partial charge in [0.1, 0.15) is 0 Å². The van der Waals surface area contributed by atoms with Gasteiger partial charge in [0, 0.05) is 19.8 Å². The van der Waals surface area contributed by atoms with Crippen LogP contribution in [0.15, 0.2) is 0 Å². The molecule has 1 amide bonds. The van der Waals surface area contributed by atoms with Crippen molar-refractivity contribution in [1.82, 2.24) is 5.32 Å². The van der Waals surface area contributed by atoms with Crippen LogP contribution in [-0.4, -0.2) is 30.5 Å². The molecule has 0 saturated heterocycles. The van der Waals surface area contributed by atoms with E-state index in [0.29, 0.717) is 6.54 Å². The second kappa shape index (κ2) is 10.4. The first kappa shape index (κ1) is 14.9. The van der Waals surface area contributed by atoms with Gasteiger partial charge in [-0.25, -0.2) is 0 Å². The molecule has 4 heteroatoms. The van der Waals surface area contributed by atoms with Gasteiger partial charge in [-0.1, -0.05) is 36.2 Å². The Kier molecular flexibility index (Phi) is 10.4. The van der Waals surface area contributed by atoms with Gasteiger partial charge in [-0.2, -0.15) is 0 Å². The fraction of sp³-hybridized carbons (Fsp3) is 0.909. The summed E-state index contributed by atoms with van der Waals surface area (Å²) in [5.41, 5.74) is 0. The zero-order valence-electron chi connectivity index (χ0n) is 9.72. The highest BCUT2D eigenvalue weighted by Gasteiger charge is 2.10. The lowest BCUT2D eigenvalue weighted by Gasteiger charge is -2.08. The molecule has 1 N–H and O–H groups in total. The van der Waals surface area contributed by atoms with Crippen LogP contribution < -0.4 is 5.32 Å². The summed E-state index contributed by atoms with van der Waals surface area (Å²) < 4.78 is 5.38. The van der Waals surface area contributed by atoms with Gasteiger partial charge < -0.3 is 10.1 Å². The van der Waals surface area contributed by atoms with Crippen LogP contribution in [0.5, 0.6) is 0 Å². The first-order chi connectivity index (χ1) is 7.22. The number of amides is 1. The van der Waals surface area contributed by atoms with Crippen molar-refractivity contribution in [1.29, 1.82) is 0 Å². The highest BCUT2D eigenvalue weighted by atomic mass is 79.9. The van der Waals surface area contributed by atoms with Crippen LogP contribution in [0.1, 0.15) is 39.5 Å². The van der Waals surface area contributed by atoms with Crippen LogP contribution in [0.25, 0.3) is 0 Å². The summed E-state index contributed by atoms with van der Waals surface area (Å²) in [4.78, 5) is 11.3. The quantitative estimate of drug-likeness (QED) is 0.520. The molecule has 3 nitrogen and oxygen atoms in total. The Bertz CT molecular complexity index is 165. The third-order valence-electron chi connectivity index (χ3n) is 2.05. The van der Waals surface area contributed by atoms with Gasteiger partial charge in [0.2, 0.25) is 5.91 Å². The van der Waals surface area contributed by atoms with Crippen molar-refractivity contribution in [3.63, 3.8) is 0 Å². The predicted octanol–water partition coefficient (Wildman–Crippen LogP) is 2.48. The number of halogens is 1. The number of unbranched alkanes of at least 4 members (excludes halogenated alkanes) is 1. The van der Waals surface area contributed by atoms with Gasteiger partial charge in [-0.3, -0.25) is 4.79 Å². The molecule has 1 unspecified atom stereocenters. The monoisotopic (exact) mass is 279 g/mol. The molecule has 0 aromatic heterocycles. The predicted molar refractivity (Wildman–Crippen MR) is 66.4 cm³/mol. The van der Waals surface area contributed by atoms with Gasteiger partial charge in [-0.15, -0.1) is 0 Å².